The van der Waals surface area contributed by atoms with Gasteiger partial charge in [0, 0.05) is 17.1 Å². The Kier molecular flexibility index (Phi) is 2.46. The topological polar surface area (TPSA) is 12.9 Å². The summed E-state index contributed by atoms with van der Waals surface area (Å²) in [6.07, 6.45) is 9.42. The normalized spacial score (nSPS) is 35.8. The fraction of sp³-hybridized carbons (Fsp3) is 0.400. The maximum Gasteiger partial charge on any atom is 0.0708 e. The van der Waals surface area contributed by atoms with Crippen molar-refractivity contribution in [1.82, 2.24) is 4.98 Å². The molecule has 0 N–H and O–H groups in total. The molecule has 0 radical (unpaired) electrons. The van der Waals surface area contributed by atoms with Crippen LogP contribution in [0.15, 0.2) is 54.7 Å². The van der Waals surface area contributed by atoms with E-state index >= 15 is 0 Å². The molecule has 7 rings (SSSR count). The zero-order chi connectivity index (χ0) is 16.9. The number of fused-ring (bicyclic) bond motifs is 6. The largest absolute Gasteiger partial charge is 0.256 e. The minimum atomic E-state index is 0.746. The first-order valence-corrected chi connectivity index (χ1v) is 10.3. The van der Waals surface area contributed by atoms with Crippen LogP contribution in [0.3, 0.4) is 0 Å². The first-order chi connectivity index (χ1) is 12.8. The highest BCUT2D eigenvalue weighted by Gasteiger charge is 2.65. The molecule has 3 bridgehead atoms. The van der Waals surface area contributed by atoms with Crippen molar-refractivity contribution < 1.29 is 0 Å². The van der Waals surface area contributed by atoms with E-state index in [1.165, 1.54) is 48.4 Å². The lowest BCUT2D eigenvalue weighted by molar-refractivity contribution is 0.00322. The summed E-state index contributed by atoms with van der Waals surface area (Å²) in [6, 6.07) is 18.1. The molecular formula is C25H23N. The molecule has 1 aromatic heterocycles. The molecule has 3 saturated carbocycles. The minimum absolute atomic E-state index is 0.746. The molecule has 4 aliphatic rings. The summed E-state index contributed by atoms with van der Waals surface area (Å²) >= 11 is 0. The van der Waals surface area contributed by atoms with E-state index in [0.29, 0.717) is 0 Å². The number of hydrogen-bond acceptors (Lipinski definition) is 1. The van der Waals surface area contributed by atoms with Gasteiger partial charge >= 0.3 is 0 Å². The third kappa shape index (κ3) is 1.61. The zero-order valence-corrected chi connectivity index (χ0v) is 15.0. The van der Waals surface area contributed by atoms with Crippen LogP contribution < -0.4 is 0 Å². The van der Waals surface area contributed by atoms with Gasteiger partial charge in [-0.05, 0) is 89.8 Å². The molecule has 26 heavy (non-hydrogen) atoms. The van der Waals surface area contributed by atoms with Gasteiger partial charge in [0.2, 0.25) is 0 Å². The first kappa shape index (κ1) is 14.0. The molecule has 1 heterocycles. The van der Waals surface area contributed by atoms with Gasteiger partial charge in [-0.3, -0.25) is 4.98 Å². The molecule has 4 aliphatic carbocycles. The Morgan fingerprint density at radius 1 is 0.769 bits per heavy atom. The van der Waals surface area contributed by atoms with E-state index < -0.39 is 0 Å². The van der Waals surface area contributed by atoms with Crippen LogP contribution in [-0.2, 0) is 0 Å². The average molecular weight is 337 g/mol. The predicted octanol–water partition coefficient (Wildman–Crippen LogP) is 6.29. The number of rotatable bonds is 1. The number of aromatic nitrogens is 1. The zero-order valence-electron chi connectivity index (χ0n) is 15.0. The molecular weight excluding hydrogens is 314 g/mol. The van der Waals surface area contributed by atoms with Gasteiger partial charge in [-0.1, -0.05) is 36.4 Å². The van der Waals surface area contributed by atoms with E-state index in [4.69, 9.17) is 4.98 Å². The highest BCUT2D eigenvalue weighted by molar-refractivity contribution is 5.85. The van der Waals surface area contributed by atoms with Crippen molar-refractivity contribution in [3.63, 3.8) is 0 Å². The summed E-state index contributed by atoms with van der Waals surface area (Å²) in [4.78, 5) is 4.78. The van der Waals surface area contributed by atoms with Crippen molar-refractivity contribution in [1.29, 1.82) is 0 Å². The number of pyridine rings is 1. The summed E-state index contributed by atoms with van der Waals surface area (Å²) in [5.41, 5.74) is 6.53. The molecule has 3 aromatic rings. The monoisotopic (exact) mass is 337 g/mol. The van der Waals surface area contributed by atoms with Gasteiger partial charge in [-0.25, -0.2) is 0 Å². The number of benzene rings is 2. The Morgan fingerprint density at radius 3 is 2.38 bits per heavy atom. The lowest BCUT2D eigenvalue weighted by atomic mass is 9.56. The summed E-state index contributed by atoms with van der Waals surface area (Å²) in [5, 5.41) is 2.51. The molecule has 1 heteroatoms. The van der Waals surface area contributed by atoms with Crippen LogP contribution in [0, 0.1) is 17.3 Å². The molecule has 3 fully saturated rings. The van der Waals surface area contributed by atoms with Crippen LogP contribution >= 0.6 is 0 Å². The standard InChI is InChI=1S/C25H23N/c1-2-4-17-14-26-24(10-15(17)3-1)16-5-6-22-18-7-20-11-21-8-19(23(22)9-16)13-25(20,21)12-18/h1-6,9-10,14,18-21H,7-8,11-13H2. The smallest absolute Gasteiger partial charge is 0.0708 e. The van der Waals surface area contributed by atoms with Gasteiger partial charge in [-0.2, -0.15) is 0 Å². The van der Waals surface area contributed by atoms with Gasteiger partial charge < -0.3 is 0 Å². The third-order valence-corrected chi connectivity index (χ3v) is 8.48. The predicted molar refractivity (Wildman–Crippen MR) is 105 cm³/mol. The minimum Gasteiger partial charge on any atom is -0.256 e. The Balaban J connectivity index is 1.38. The molecule has 2 aromatic carbocycles. The molecule has 0 aliphatic heterocycles. The van der Waals surface area contributed by atoms with Gasteiger partial charge in [0.25, 0.3) is 0 Å². The van der Waals surface area contributed by atoms with E-state index in [-0.39, 0.29) is 0 Å². The third-order valence-electron chi connectivity index (χ3n) is 8.48. The quantitative estimate of drug-likeness (QED) is 0.508. The molecule has 5 unspecified atom stereocenters. The lowest BCUT2D eigenvalue weighted by Gasteiger charge is -2.48. The Labute approximate surface area is 154 Å². The fourth-order valence-electron chi connectivity index (χ4n) is 7.34. The van der Waals surface area contributed by atoms with Gasteiger partial charge in [0.15, 0.2) is 0 Å². The molecule has 0 saturated heterocycles. The molecule has 1 spiro atoms. The second-order valence-corrected chi connectivity index (χ2v) is 9.40. The Hall–Kier alpha value is -2.15. The van der Waals surface area contributed by atoms with E-state index in [1.54, 1.807) is 11.1 Å². The van der Waals surface area contributed by atoms with E-state index in [1.807, 2.05) is 6.20 Å². The van der Waals surface area contributed by atoms with Crippen molar-refractivity contribution in [2.45, 2.75) is 43.9 Å². The van der Waals surface area contributed by atoms with Crippen LogP contribution in [0.2, 0.25) is 0 Å². The number of nitrogens with zero attached hydrogens (tertiary/aromatic N) is 1. The second kappa shape index (κ2) is 4.57. The van der Waals surface area contributed by atoms with Crippen LogP contribution in [0.5, 0.6) is 0 Å². The van der Waals surface area contributed by atoms with Crippen LogP contribution in [0.25, 0.3) is 22.0 Å². The summed E-state index contributed by atoms with van der Waals surface area (Å²) in [5.74, 6) is 3.74. The van der Waals surface area contributed by atoms with Gasteiger partial charge in [0.05, 0.1) is 5.69 Å². The molecule has 128 valence electrons. The maximum atomic E-state index is 4.78. The van der Waals surface area contributed by atoms with Gasteiger partial charge in [0.1, 0.15) is 0 Å². The molecule has 5 atom stereocenters. The van der Waals surface area contributed by atoms with Crippen molar-refractivity contribution in [2.75, 3.05) is 0 Å². The van der Waals surface area contributed by atoms with Crippen LogP contribution in [0.1, 0.15) is 55.1 Å². The SMILES string of the molecule is c1ccc2cc(-c3ccc4c(c3)C3CC5CC6CC4CC65C3)ncc2c1. The average Bonchev–Trinajstić information content (AvgIpc) is 3.10. The summed E-state index contributed by atoms with van der Waals surface area (Å²) < 4.78 is 0. The Bertz CT molecular complexity index is 1070. The highest BCUT2D eigenvalue weighted by Crippen LogP contribution is 2.75. The summed E-state index contributed by atoms with van der Waals surface area (Å²) in [6.45, 7) is 0. The van der Waals surface area contributed by atoms with Crippen molar-refractivity contribution in [3.05, 3.63) is 65.9 Å². The van der Waals surface area contributed by atoms with Crippen LogP contribution in [0.4, 0.5) is 0 Å². The number of hydrogen-bond donors (Lipinski definition) is 0. The lowest BCUT2D eigenvalue weighted by Crippen LogP contribution is -2.41. The molecule has 1 nitrogen and oxygen atoms in total. The van der Waals surface area contributed by atoms with Gasteiger partial charge in [-0.15, -0.1) is 0 Å². The van der Waals surface area contributed by atoms with E-state index in [9.17, 15) is 0 Å². The highest BCUT2D eigenvalue weighted by atomic mass is 14.7. The van der Waals surface area contributed by atoms with E-state index in [2.05, 4.69) is 48.5 Å². The fourth-order valence-corrected chi connectivity index (χ4v) is 7.34. The second-order valence-electron chi connectivity index (χ2n) is 9.40. The van der Waals surface area contributed by atoms with Crippen LogP contribution in [-0.4, -0.2) is 4.98 Å². The molecule has 0 amide bonds. The summed E-state index contributed by atoms with van der Waals surface area (Å²) in [7, 11) is 0. The van der Waals surface area contributed by atoms with Crippen molar-refractivity contribution in [2.24, 2.45) is 17.3 Å². The Morgan fingerprint density at radius 2 is 1.54 bits per heavy atom. The van der Waals surface area contributed by atoms with Crippen molar-refractivity contribution in [3.8, 4) is 11.3 Å². The maximum absolute atomic E-state index is 4.78. The first-order valence-electron chi connectivity index (χ1n) is 10.3. The van der Waals surface area contributed by atoms with E-state index in [0.717, 1.165) is 34.8 Å². The van der Waals surface area contributed by atoms with Crippen molar-refractivity contribution >= 4 is 10.8 Å².